The lowest BCUT2D eigenvalue weighted by Gasteiger charge is -2.03. The largest absolute Gasteiger partial charge is 0.368 e. The predicted octanol–water partition coefficient (Wildman–Crippen LogP) is 2.20. The molecule has 2 aromatic heterocycles. The Kier molecular flexibility index (Phi) is 2.61. The number of nitrogens with zero attached hydrogens (tertiary/aromatic N) is 3. The van der Waals surface area contributed by atoms with Crippen LogP contribution in [0.5, 0.6) is 0 Å². The highest BCUT2D eigenvalue weighted by Crippen LogP contribution is 2.13. The van der Waals surface area contributed by atoms with Crippen molar-refractivity contribution in [1.29, 1.82) is 0 Å². The van der Waals surface area contributed by atoms with E-state index in [1.807, 2.05) is 30.3 Å². The van der Waals surface area contributed by atoms with Gasteiger partial charge < -0.3 is 5.73 Å². The first-order valence-electron chi connectivity index (χ1n) is 5.73. The molecule has 2 N–H and O–H groups in total. The maximum atomic E-state index is 5.56. The number of aromatic nitrogens is 3. The molecular formula is C14H12N4. The van der Waals surface area contributed by atoms with Crippen molar-refractivity contribution in [2.75, 3.05) is 5.73 Å². The quantitative estimate of drug-likeness (QED) is 0.740. The van der Waals surface area contributed by atoms with Gasteiger partial charge in [0.15, 0.2) is 0 Å². The van der Waals surface area contributed by atoms with Gasteiger partial charge in [-0.05, 0) is 18.2 Å². The molecule has 0 radical (unpaired) electrons. The zero-order valence-electron chi connectivity index (χ0n) is 9.74. The summed E-state index contributed by atoms with van der Waals surface area (Å²) in [5.74, 6) is 0.299. The monoisotopic (exact) mass is 236 g/mol. The highest BCUT2D eigenvalue weighted by molar-refractivity contribution is 5.78. The van der Waals surface area contributed by atoms with Crippen LogP contribution in [0.4, 0.5) is 5.95 Å². The molecule has 18 heavy (non-hydrogen) atoms. The fraction of sp³-hybridized carbons (Fsp3) is 0.0714. The van der Waals surface area contributed by atoms with Crippen molar-refractivity contribution in [2.24, 2.45) is 0 Å². The van der Waals surface area contributed by atoms with E-state index in [1.165, 1.54) is 0 Å². The maximum Gasteiger partial charge on any atom is 0.220 e. The van der Waals surface area contributed by atoms with Crippen LogP contribution in [0.3, 0.4) is 0 Å². The van der Waals surface area contributed by atoms with E-state index in [4.69, 9.17) is 5.73 Å². The van der Waals surface area contributed by atoms with Crippen molar-refractivity contribution in [2.45, 2.75) is 6.42 Å². The Bertz CT molecular complexity index is 694. The molecule has 0 atom stereocenters. The van der Waals surface area contributed by atoms with E-state index in [9.17, 15) is 0 Å². The Morgan fingerprint density at radius 2 is 1.72 bits per heavy atom. The first-order chi connectivity index (χ1) is 8.81. The van der Waals surface area contributed by atoms with Crippen LogP contribution in [-0.4, -0.2) is 15.0 Å². The Labute approximate surface area is 105 Å². The molecule has 0 saturated heterocycles. The minimum absolute atomic E-state index is 0.299. The van der Waals surface area contributed by atoms with Gasteiger partial charge in [-0.2, -0.15) is 0 Å². The van der Waals surface area contributed by atoms with Crippen LogP contribution in [0.25, 0.3) is 10.9 Å². The number of pyridine rings is 1. The number of para-hydroxylation sites is 1. The van der Waals surface area contributed by atoms with E-state index < -0.39 is 0 Å². The van der Waals surface area contributed by atoms with Crippen LogP contribution in [0.1, 0.15) is 11.4 Å². The van der Waals surface area contributed by atoms with Gasteiger partial charge in [-0.1, -0.05) is 24.3 Å². The van der Waals surface area contributed by atoms with E-state index in [1.54, 1.807) is 6.20 Å². The molecule has 4 heteroatoms. The number of rotatable bonds is 2. The van der Waals surface area contributed by atoms with Gasteiger partial charge in [-0.3, -0.25) is 4.98 Å². The topological polar surface area (TPSA) is 64.7 Å². The summed E-state index contributed by atoms with van der Waals surface area (Å²) in [6, 6.07) is 14.0. The molecule has 0 saturated carbocycles. The van der Waals surface area contributed by atoms with E-state index in [2.05, 4.69) is 27.1 Å². The standard InChI is InChI=1S/C14H12N4/c15-14-16-8-7-12(18-14)9-11-6-5-10-3-1-2-4-13(10)17-11/h1-8H,9H2,(H2,15,16,18). The van der Waals surface area contributed by atoms with E-state index >= 15 is 0 Å². The lowest BCUT2D eigenvalue weighted by atomic mass is 10.1. The van der Waals surface area contributed by atoms with Crippen LogP contribution in [0.15, 0.2) is 48.7 Å². The Morgan fingerprint density at radius 1 is 0.889 bits per heavy atom. The predicted molar refractivity (Wildman–Crippen MR) is 71.0 cm³/mol. The summed E-state index contributed by atoms with van der Waals surface area (Å²) < 4.78 is 0. The Hall–Kier alpha value is -2.49. The van der Waals surface area contributed by atoms with Gasteiger partial charge in [0.1, 0.15) is 0 Å². The van der Waals surface area contributed by atoms with Gasteiger partial charge in [-0.15, -0.1) is 0 Å². The molecule has 1 aromatic carbocycles. The number of fused-ring (bicyclic) bond motifs is 1. The van der Waals surface area contributed by atoms with Crippen molar-refractivity contribution in [3.8, 4) is 0 Å². The molecule has 88 valence electrons. The Balaban J connectivity index is 1.95. The molecule has 0 aliphatic rings. The van der Waals surface area contributed by atoms with Crippen molar-refractivity contribution >= 4 is 16.9 Å². The molecular weight excluding hydrogens is 224 g/mol. The minimum Gasteiger partial charge on any atom is -0.368 e. The third-order valence-electron chi connectivity index (χ3n) is 2.75. The van der Waals surface area contributed by atoms with Crippen molar-refractivity contribution in [3.05, 3.63) is 60.0 Å². The van der Waals surface area contributed by atoms with Gasteiger partial charge in [0.2, 0.25) is 5.95 Å². The number of hydrogen-bond donors (Lipinski definition) is 1. The molecule has 3 rings (SSSR count). The zero-order valence-corrected chi connectivity index (χ0v) is 9.74. The molecule has 0 aliphatic heterocycles. The van der Waals surface area contributed by atoms with E-state index in [0.717, 1.165) is 22.3 Å². The van der Waals surface area contributed by atoms with Gasteiger partial charge in [0, 0.05) is 23.7 Å². The lowest BCUT2D eigenvalue weighted by Crippen LogP contribution is -2.00. The second-order valence-electron chi connectivity index (χ2n) is 4.08. The summed E-state index contributed by atoms with van der Waals surface area (Å²) in [5, 5.41) is 1.14. The second-order valence-corrected chi connectivity index (χ2v) is 4.08. The Morgan fingerprint density at radius 3 is 2.61 bits per heavy atom. The van der Waals surface area contributed by atoms with E-state index in [0.29, 0.717) is 12.4 Å². The summed E-state index contributed by atoms with van der Waals surface area (Å²) in [6.07, 6.45) is 2.33. The van der Waals surface area contributed by atoms with E-state index in [-0.39, 0.29) is 0 Å². The summed E-state index contributed by atoms with van der Waals surface area (Å²) >= 11 is 0. The smallest absolute Gasteiger partial charge is 0.220 e. The molecule has 4 nitrogen and oxygen atoms in total. The fourth-order valence-corrected chi connectivity index (χ4v) is 1.90. The summed E-state index contributed by atoms with van der Waals surface area (Å²) in [7, 11) is 0. The van der Waals surface area contributed by atoms with Crippen molar-refractivity contribution < 1.29 is 0 Å². The molecule has 2 heterocycles. The number of nitrogen functional groups attached to an aromatic ring is 1. The number of anilines is 1. The van der Waals surface area contributed by atoms with Gasteiger partial charge >= 0.3 is 0 Å². The normalized spacial score (nSPS) is 10.7. The van der Waals surface area contributed by atoms with Crippen LogP contribution >= 0.6 is 0 Å². The SMILES string of the molecule is Nc1nccc(Cc2ccc3ccccc3n2)n1. The van der Waals surface area contributed by atoms with Crippen LogP contribution in [-0.2, 0) is 6.42 Å². The molecule has 0 unspecified atom stereocenters. The zero-order chi connectivity index (χ0) is 12.4. The highest BCUT2D eigenvalue weighted by Gasteiger charge is 2.01. The number of hydrogen-bond acceptors (Lipinski definition) is 4. The van der Waals surface area contributed by atoms with Crippen LogP contribution in [0, 0.1) is 0 Å². The average molecular weight is 236 g/mol. The average Bonchev–Trinajstić information content (AvgIpc) is 2.39. The second kappa shape index (κ2) is 4.41. The van der Waals surface area contributed by atoms with Gasteiger partial charge in [0.05, 0.1) is 11.2 Å². The minimum atomic E-state index is 0.299. The molecule has 0 bridgehead atoms. The third-order valence-corrected chi connectivity index (χ3v) is 2.75. The third kappa shape index (κ3) is 2.13. The van der Waals surface area contributed by atoms with Crippen molar-refractivity contribution in [3.63, 3.8) is 0 Å². The van der Waals surface area contributed by atoms with Gasteiger partial charge in [0.25, 0.3) is 0 Å². The van der Waals surface area contributed by atoms with Crippen LogP contribution in [0.2, 0.25) is 0 Å². The molecule has 0 spiro atoms. The first-order valence-corrected chi connectivity index (χ1v) is 5.73. The molecule has 0 aliphatic carbocycles. The molecule has 3 aromatic rings. The van der Waals surface area contributed by atoms with Crippen molar-refractivity contribution in [1.82, 2.24) is 15.0 Å². The van der Waals surface area contributed by atoms with Gasteiger partial charge in [-0.25, -0.2) is 9.97 Å². The molecule has 0 fully saturated rings. The summed E-state index contributed by atoms with van der Waals surface area (Å²) in [6.45, 7) is 0. The first kappa shape index (κ1) is 10.7. The highest BCUT2D eigenvalue weighted by atomic mass is 15.0. The maximum absolute atomic E-state index is 5.56. The lowest BCUT2D eigenvalue weighted by molar-refractivity contribution is 1.00. The number of nitrogens with two attached hydrogens (primary N) is 1. The molecule has 0 amide bonds. The summed E-state index contributed by atoms with van der Waals surface area (Å²) in [5.41, 5.74) is 8.42. The summed E-state index contributed by atoms with van der Waals surface area (Å²) in [4.78, 5) is 12.7. The fourth-order valence-electron chi connectivity index (χ4n) is 1.90. The van der Waals surface area contributed by atoms with Crippen LogP contribution < -0.4 is 5.73 Å². The number of benzene rings is 1.